The smallest absolute Gasteiger partial charge is 0.329 e. The first kappa shape index (κ1) is 39.8. The number of hydrogen-bond acceptors (Lipinski definition) is 10. The molecule has 7 heterocycles. The van der Waals surface area contributed by atoms with Crippen molar-refractivity contribution in [2.24, 2.45) is 13.0 Å². The Kier molecular flexibility index (Phi) is 10.9. The summed E-state index contributed by atoms with van der Waals surface area (Å²) in [4.78, 5) is 63.2. The second-order valence-corrected chi connectivity index (χ2v) is 17.0. The molecule has 4 fully saturated rings. The van der Waals surface area contributed by atoms with Gasteiger partial charge in [0.15, 0.2) is 11.3 Å². The molecule has 3 amide bonds. The van der Waals surface area contributed by atoms with E-state index in [1.54, 1.807) is 28.7 Å². The lowest BCUT2D eigenvalue weighted by atomic mass is 9.85. The predicted molar refractivity (Wildman–Crippen MR) is 222 cm³/mol. The van der Waals surface area contributed by atoms with Crippen LogP contribution in [-0.4, -0.2) is 102 Å². The normalized spacial score (nSPS) is 22.1. The lowest BCUT2D eigenvalue weighted by molar-refractivity contribution is -0.135. The summed E-state index contributed by atoms with van der Waals surface area (Å²) >= 11 is 0. The number of carbonyl (C=O) groups excluding carboxylic acids is 3. The summed E-state index contributed by atoms with van der Waals surface area (Å²) in [7, 11) is 3.92. The van der Waals surface area contributed by atoms with Gasteiger partial charge in [-0.25, -0.2) is 23.1 Å². The van der Waals surface area contributed by atoms with Gasteiger partial charge in [-0.05, 0) is 95.4 Å². The molecule has 4 aliphatic rings. The van der Waals surface area contributed by atoms with Gasteiger partial charge in [0.25, 0.3) is 12.3 Å². The van der Waals surface area contributed by atoms with Gasteiger partial charge in [-0.15, -0.1) is 0 Å². The number of nitrogens with zero attached hydrogens (tertiary/aromatic N) is 10. The first-order chi connectivity index (χ1) is 29.0. The van der Waals surface area contributed by atoms with Gasteiger partial charge in [-0.2, -0.15) is 10.2 Å². The number of halogens is 2. The molecule has 4 aromatic heterocycles. The number of nitrogens with one attached hydrogen (secondary N) is 2. The van der Waals surface area contributed by atoms with E-state index in [0.717, 1.165) is 101 Å². The molecule has 318 valence electrons. The first-order valence-corrected chi connectivity index (χ1v) is 21.3. The Morgan fingerprint density at radius 3 is 2.47 bits per heavy atom. The number of alkyl halides is 2. The second-order valence-electron chi connectivity index (χ2n) is 17.0. The maximum Gasteiger partial charge on any atom is 0.329 e. The van der Waals surface area contributed by atoms with E-state index in [2.05, 4.69) is 42.6 Å². The van der Waals surface area contributed by atoms with Crippen molar-refractivity contribution in [3.63, 3.8) is 0 Å². The molecule has 1 saturated carbocycles. The molecular weight excluding hydrogens is 775 g/mol. The molecule has 9 rings (SSSR count). The number of imide groups is 1. The van der Waals surface area contributed by atoms with E-state index < -0.39 is 30.0 Å². The van der Waals surface area contributed by atoms with Gasteiger partial charge in [-0.1, -0.05) is 6.07 Å². The topological polar surface area (TPSA) is 160 Å². The van der Waals surface area contributed by atoms with Crippen molar-refractivity contribution in [2.75, 3.05) is 54.9 Å². The van der Waals surface area contributed by atoms with Crippen LogP contribution in [0.5, 0.6) is 0 Å². The van der Waals surface area contributed by atoms with Crippen LogP contribution in [0.4, 0.5) is 26.0 Å². The summed E-state index contributed by atoms with van der Waals surface area (Å²) in [6.45, 7) is 4.36. The van der Waals surface area contributed by atoms with E-state index in [1.165, 1.54) is 21.7 Å². The fourth-order valence-electron chi connectivity index (χ4n) is 9.96. The van der Waals surface area contributed by atoms with Gasteiger partial charge < -0.3 is 20.0 Å². The summed E-state index contributed by atoms with van der Waals surface area (Å²) in [6.07, 6.45) is 11.1. The largest absolute Gasteiger partial charge is 0.370 e. The second kappa shape index (κ2) is 16.4. The van der Waals surface area contributed by atoms with Crippen LogP contribution in [-0.2, 0) is 16.6 Å². The zero-order chi connectivity index (χ0) is 41.7. The molecule has 1 unspecified atom stereocenters. The number of benzene rings is 1. The fraction of sp³-hybridized carbons (Fsp3) is 0.548. The number of hydrogen-bond donors (Lipinski definition) is 2. The summed E-state index contributed by atoms with van der Waals surface area (Å²) < 4.78 is 34.9. The van der Waals surface area contributed by atoms with Crippen molar-refractivity contribution in [1.29, 1.82) is 0 Å². The number of fused-ring (bicyclic) bond motifs is 2. The maximum absolute atomic E-state index is 14.3. The average molecular weight is 827 g/mol. The van der Waals surface area contributed by atoms with Crippen molar-refractivity contribution >= 4 is 51.6 Å². The molecule has 1 aromatic carbocycles. The lowest BCUT2D eigenvalue weighted by Crippen LogP contribution is -2.45. The molecule has 5 aromatic rings. The molecule has 3 saturated heterocycles. The van der Waals surface area contributed by atoms with Gasteiger partial charge in [0, 0.05) is 64.6 Å². The van der Waals surface area contributed by atoms with Gasteiger partial charge in [-0.3, -0.25) is 33.5 Å². The van der Waals surface area contributed by atoms with Gasteiger partial charge >= 0.3 is 5.69 Å². The molecule has 16 nitrogen and oxygen atoms in total. The zero-order valence-electron chi connectivity index (χ0n) is 34.1. The van der Waals surface area contributed by atoms with Crippen LogP contribution in [0.15, 0.2) is 47.7 Å². The quantitative estimate of drug-likeness (QED) is 0.182. The monoisotopic (exact) mass is 826 g/mol. The lowest BCUT2D eigenvalue weighted by Gasteiger charge is -2.40. The number of imidazole rings is 1. The standard InChI is InChI=1S/C42H52F2N12O4/c1-50(27-15-20-52(21-16-27)31-7-6-8-32-37(31)51(2)42(60)56(32)33-13-14-35(57)48-41(33)59)24-26-9-11-28(12-10-26)55-25-30(36(49-55)38(43)44)46-40(58)29-23-45-54-22-17-34(47-39(29)54)53-18-4-3-5-19-53/h6-8,17,22-23,25-28,33,38H,3-5,9-16,18-21,24H2,1-2H3,(H,46,58)(H,48,57,59). The van der Waals surface area contributed by atoms with Crippen molar-refractivity contribution in [3.05, 3.63) is 64.6 Å². The van der Waals surface area contributed by atoms with Crippen molar-refractivity contribution in [1.82, 2.24) is 43.7 Å². The highest BCUT2D eigenvalue weighted by atomic mass is 19.3. The Bertz CT molecular complexity index is 2470. The Labute approximate surface area is 345 Å². The Balaban J connectivity index is 0.801. The molecule has 18 heteroatoms. The van der Waals surface area contributed by atoms with E-state index in [9.17, 15) is 28.0 Å². The molecule has 1 atom stereocenters. The van der Waals surface area contributed by atoms with Crippen molar-refractivity contribution in [3.8, 4) is 0 Å². The van der Waals surface area contributed by atoms with E-state index in [0.29, 0.717) is 29.5 Å². The third-order valence-electron chi connectivity index (χ3n) is 13.3. The van der Waals surface area contributed by atoms with Crippen LogP contribution in [0.3, 0.4) is 0 Å². The highest BCUT2D eigenvalue weighted by molar-refractivity contribution is 6.08. The van der Waals surface area contributed by atoms with E-state index in [1.807, 2.05) is 24.3 Å². The van der Waals surface area contributed by atoms with E-state index in [-0.39, 0.29) is 35.3 Å². The minimum absolute atomic E-state index is 0.0000710. The van der Waals surface area contributed by atoms with Crippen LogP contribution in [0.25, 0.3) is 16.7 Å². The number of aromatic nitrogens is 7. The molecular formula is C42H52F2N12O4. The van der Waals surface area contributed by atoms with Gasteiger partial charge in [0.1, 0.15) is 17.4 Å². The van der Waals surface area contributed by atoms with E-state index >= 15 is 0 Å². The number of amides is 3. The number of anilines is 3. The fourth-order valence-corrected chi connectivity index (χ4v) is 9.96. The zero-order valence-corrected chi connectivity index (χ0v) is 34.1. The van der Waals surface area contributed by atoms with Gasteiger partial charge in [0.2, 0.25) is 11.8 Å². The predicted octanol–water partition coefficient (Wildman–Crippen LogP) is 5.07. The molecule has 3 aliphatic heterocycles. The van der Waals surface area contributed by atoms with Gasteiger partial charge in [0.05, 0.1) is 34.6 Å². The van der Waals surface area contributed by atoms with Crippen molar-refractivity contribution < 1.29 is 23.2 Å². The van der Waals surface area contributed by atoms with Crippen LogP contribution in [0.1, 0.15) is 105 Å². The first-order valence-electron chi connectivity index (χ1n) is 21.3. The SMILES string of the molecule is CN(CC1CCC(n2cc(NC(=O)c3cnn4ccc(N5CCCCC5)nc34)c(C(F)F)n2)CC1)C1CCN(c2cccc3c2n(C)c(=O)n3C2CCC(=O)NC2=O)CC1. The number of rotatable bonds is 10. The average Bonchev–Trinajstić information content (AvgIpc) is 3.95. The third kappa shape index (κ3) is 7.53. The van der Waals surface area contributed by atoms with Crippen LogP contribution < -0.4 is 26.1 Å². The maximum atomic E-state index is 14.3. The minimum atomic E-state index is -2.86. The summed E-state index contributed by atoms with van der Waals surface area (Å²) in [5, 5.41) is 13.7. The summed E-state index contributed by atoms with van der Waals surface area (Å²) in [6, 6.07) is 7.32. The summed E-state index contributed by atoms with van der Waals surface area (Å²) in [5.41, 5.74) is 2.30. The van der Waals surface area contributed by atoms with Crippen LogP contribution in [0.2, 0.25) is 0 Å². The van der Waals surface area contributed by atoms with Crippen LogP contribution in [0, 0.1) is 5.92 Å². The molecule has 0 bridgehead atoms. The highest BCUT2D eigenvalue weighted by Gasteiger charge is 2.34. The van der Waals surface area contributed by atoms with Crippen LogP contribution >= 0.6 is 0 Å². The molecule has 0 radical (unpaired) electrons. The minimum Gasteiger partial charge on any atom is -0.370 e. The molecule has 60 heavy (non-hydrogen) atoms. The Morgan fingerprint density at radius 2 is 1.73 bits per heavy atom. The molecule has 0 spiro atoms. The molecule has 2 N–H and O–H groups in total. The third-order valence-corrected chi connectivity index (χ3v) is 13.3. The number of carbonyl (C=O) groups is 3. The van der Waals surface area contributed by atoms with Crippen molar-refractivity contribution in [2.45, 2.75) is 95.2 Å². The molecule has 1 aliphatic carbocycles. The number of para-hydroxylation sites is 1. The Hall–Kier alpha value is -5.65. The number of aryl methyl sites for hydroxylation is 1. The number of piperidine rings is 3. The summed E-state index contributed by atoms with van der Waals surface area (Å²) in [5.74, 6) is -0.0861. The Morgan fingerprint density at radius 1 is 0.967 bits per heavy atom. The highest BCUT2D eigenvalue weighted by Crippen LogP contribution is 2.37. The van der Waals surface area contributed by atoms with E-state index in [4.69, 9.17) is 4.98 Å².